The summed E-state index contributed by atoms with van der Waals surface area (Å²) in [6.07, 6.45) is 2.27. The maximum absolute atomic E-state index is 12.8. The summed E-state index contributed by atoms with van der Waals surface area (Å²) in [4.78, 5) is 0. The molecule has 3 heteroatoms. The Labute approximate surface area is 81.7 Å². The Morgan fingerprint density at radius 3 is 2.57 bits per heavy atom. The monoisotopic (exact) mass is 198 g/mol. The van der Waals surface area contributed by atoms with Gasteiger partial charge in [0.25, 0.3) is 0 Å². The number of epoxide rings is 1. The third-order valence-electron chi connectivity index (χ3n) is 2.54. The van der Waals surface area contributed by atoms with Crippen LogP contribution in [0.25, 0.3) is 0 Å². The van der Waals surface area contributed by atoms with Crippen molar-refractivity contribution in [1.29, 1.82) is 0 Å². The molecule has 1 nitrogen and oxygen atoms in total. The Kier molecular flexibility index (Phi) is 2.50. The third kappa shape index (κ3) is 2.10. The number of aryl methyl sites for hydroxylation is 1. The number of hydrogen-bond acceptors (Lipinski definition) is 1. The highest BCUT2D eigenvalue weighted by Crippen LogP contribution is 2.26. The molecule has 1 aliphatic rings. The highest BCUT2D eigenvalue weighted by molar-refractivity contribution is 5.18. The summed E-state index contributed by atoms with van der Waals surface area (Å²) in [7, 11) is 0. The van der Waals surface area contributed by atoms with Crippen LogP contribution >= 0.6 is 0 Å². The van der Waals surface area contributed by atoms with Gasteiger partial charge in [0.1, 0.15) is 0 Å². The van der Waals surface area contributed by atoms with Gasteiger partial charge < -0.3 is 4.74 Å². The molecule has 1 heterocycles. The minimum absolute atomic E-state index is 0.308. The molecule has 1 aromatic carbocycles. The zero-order valence-electron chi connectivity index (χ0n) is 7.97. The van der Waals surface area contributed by atoms with E-state index in [-0.39, 0.29) is 0 Å². The van der Waals surface area contributed by atoms with Crippen LogP contribution in [0.1, 0.15) is 18.9 Å². The largest absolute Gasteiger partial charge is 0.370 e. The normalized spacial score (nSPS) is 25.1. The molecule has 0 aliphatic carbocycles. The second-order valence-corrected chi connectivity index (χ2v) is 3.67. The van der Waals surface area contributed by atoms with Crippen LogP contribution in [0.3, 0.4) is 0 Å². The van der Waals surface area contributed by atoms with Gasteiger partial charge in [0.05, 0.1) is 12.2 Å². The summed E-state index contributed by atoms with van der Waals surface area (Å²) < 4.78 is 30.6. The standard InChI is InChI=1S/C11H12F2O/c1-7-11(14-7)5-3-8-2-4-9(12)10(13)6-8/h2,4,6-7,11H,3,5H2,1H3. The van der Waals surface area contributed by atoms with Crippen molar-refractivity contribution in [3.05, 3.63) is 35.4 Å². The first-order chi connectivity index (χ1) is 6.66. The average molecular weight is 198 g/mol. The van der Waals surface area contributed by atoms with Gasteiger partial charge >= 0.3 is 0 Å². The minimum Gasteiger partial charge on any atom is -0.370 e. The Bertz CT molecular complexity index is 338. The smallest absolute Gasteiger partial charge is 0.159 e. The summed E-state index contributed by atoms with van der Waals surface area (Å²) in [5.74, 6) is -1.56. The summed E-state index contributed by atoms with van der Waals surface area (Å²) in [6, 6.07) is 4.04. The first-order valence-electron chi connectivity index (χ1n) is 4.76. The maximum Gasteiger partial charge on any atom is 0.159 e. The zero-order chi connectivity index (χ0) is 10.1. The average Bonchev–Trinajstić information content (AvgIpc) is 2.85. The van der Waals surface area contributed by atoms with Gasteiger partial charge in [-0.25, -0.2) is 8.78 Å². The van der Waals surface area contributed by atoms with Crippen LogP contribution in [0.15, 0.2) is 18.2 Å². The molecule has 1 saturated heterocycles. The summed E-state index contributed by atoms with van der Waals surface area (Å²) in [5, 5.41) is 0. The van der Waals surface area contributed by atoms with Crippen molar-refractivity contribution in [2.45, 2.75) is 32.0 Å². The van der Waals surface area contributed by atoms with Crippen molar-refractivity contribution in [1.82, 2.24) is 0 Å². The van der Waals surface area contributed by atoms with Crippen molar-refractivity contribution < 1.29 is 13.5 Å². The van der Waals surface area contributed by atoms with Gasteiger partial charge in [-0.05, 0) is 37.5 Å². The third-order valence-corrected chi connectivity index (χ3v) is 2.54. The fourth-order valence-electron chi connectivity index (χ4n) is 1.54. The van der Waals surface area contributed by atoms with Gasteiger partial charge in [-0.15, -0.1) is 0 Å². The maximum atomic E-state index is 12.8. The molecule has 1 aromatic rings. The summed E-state index contributed by atoms with van der Waals surface area (Å²) in [5.41, 5.74) is 0.826. The number of benzene rings is 1. The predicted octanol–water partition coefficient (Wildman–Crippen LogP) is 2.68. The topological polar surface area (TPSA) is 12.5 Å². The fourth-order valence-corrected chi connectivity index (χ4v) is 1.54. The zero-order valence-corrected chi connectivity index (χ0v) is 7.97. The van der Waals surface area contributed by atoms with Gasteiger partial charge in [-0.1, -0.05) is 6.07 Å². The van der Waals surface area contributed by atoms with Gasteiger partial charge in [-0.2, -0.15) is 0 Å². The lowest BCUT2D eigenvalue weighted by molar-refractivity contribution is 0.370. The molecule has 76 valence electrons. The predicted molar refractivity (Wildman–Crippen MR) is 49.0 cm³/mol. The van der Waals surface area contributed by atoms with E-state index in [1.807, 2.05) is 6.92 Å². The van der Waals surface area contributed by atoms with Crippen molar-refractivity contribution in [3.8, 4) is 0 Å². The van der Waals surface area contributed by atoms with E-state index in [2.05, 4.69) is 0 Å². The molecule has 2 rings (SSSR count). The van der Waals surface area contributed by atoms with Crippen molar-refractivity contribution in [2.24, 2.45) is 0 Å². The van der Waals surface area contributed by atoms with E-state index in [0.717, 1.165) is 18.4 Å². The number of hydrogen-bond donors (Lipinski definition) is 0. The Hall–Kier alpha value is -0.960. The molecular weight excluding hydrogens is 186 g/mol. The molecule has 0 radical (unpaired) electrons. The van der Waals surface area contributed by atoms with E-state index in [1.165, 1.54) is 12.1 Å². The van der Waals surface area contributed by atoms with Crippen molar-refractivity contribution >= 4 is 0 Å². The molecule has 0 N–H and O–H groups in total. The molecule has 0 aromatic heterocycles. The summed E-state index contributed by atoms with van der Waals surface area (Å²) in [6.45, 7) is 2.01. The fraction of sp³-hybridized carbons (Fsp3) is 0.455. The van der Waals surface area contributed by atoms with E-state index in [1.54, 1.807) is 6.07 Å². The Morgan fingerprint density at radius 1 is 1.29 bits per heavy atom. The van der Waals surface area contributed by atoms with Crippen molar-refractivity contribution in [3.63, 3.8) is 0 Å². The van der Waals surface area contributed by atoms with Crippen LogP contribution in [0.2, 0.25) is 0 Å². The van der Waals surface area contributed by atoms with E-state index >= 15 is 0 Å². The van der Waals surface area contributed by atoms with E-state index < -0.39 is 11.6 Å². The van der Waals surface area contributed by atoms with Gasteiger partial charge in [0.15, 0.2) is 11.6 Å². The lowest BCUT2D eigenvalue weighted by atomic mass is 10.1. The molecule has 1 fully saturated rings. The Balaban J connectivity index is 1.92. The van der Waals surface area contributed by atoms with E-state index in [9.17, 15) is 8.78 Å². The molecule has 2 unspecified atom stereocenters. The molecule has 0 spiro atoms. The second kappa shape index (κ2) is 3.65. The highest BCUT2D eigenvalue weighted by Gasteiger charge is 2.33. The molecule has 0 bridgehead atoms. The van der Waals surface area contributed by atoms with Crippen LogP contribution < -0.4 is 0 Å². The number of halogens is 2. The molecule has 0 amide bonds. The lowest BCUT2D eigenvalue weighted by Crippen LogP contribution is -1.95. The van der Waals surface area contributed by atoms with Gasteiger partial charge in [-0.3, -0.25) is 0 Å². The van der Waals surface area contributed by atoms with E-state index in [4.69, 9.17) is 4.74 Å². The molecule has 2 atom stereocenters. The van der Waals surface area contributed by atoms with Gasteiger partial charge in [0, 0.05) is 0 Å². The number of ether oxygens (including phenoxy) is 1. The second-order valence-electron chi connectivity index (χ2n) is 3.67. The summed E-state index contributed by atoms with van der Waals surface area (Å²) >= 11 is 0. The van der Waals surface area contributed by atoms with Gasteiger partial charge in [0.2, 0.25) is 0 Å². The van der Waals surface area contributed by atoms with Crippen LogP contribution in [0, 0.1) is 11.6 Å². The van der Waals surface area contributed by atoms with E-state index in [0.29, 0.717) is 12.2 Å². The molecular formula is C11H12F2O. The van der Waals surface area contributed by atoms with Crippen LogP contribution in [0.4, 0.5) is 8.78 Å². The lowest BCUT2D eigenvalue weighted by Gasteiger charge is -1.99. The first-order valence-corrected chi connectivity index (χ1v) is 4.76. The number of rotatable bonds is 3. The van der Waals surface area contributed by atoms with Crippen LogP contribution in [-0.2, 0) is 11.2 Å². The minimum atomic E-state index is -0.787. The first kappa shape index (κ1) is 9.59. The molecule has 14 heavy (non-hydrogen) atoms. The van der Waals surface area contributed by atoms with Crippen LogP contribution in [-0.4, -0.2) is 12.2 Å². The van der Waals surface area contributed by atoms with Crippen molar-refractivity contribution in [2.75, 3.05) is 0 Å². The quantitative estimate of drug-likeness (QED) is 0.680. The Morgan fingerprint density at radius 2 is 2.00 bits per heavy atom. The SMILES string of the molecule is CC1OC1CCc1ccc(F)c(F)c1. The molecule has 1 aliphatic heterocycles. The molecule has 0 saturated carbocycles. The van der Waals surface area contributed by atoms with Crippen LogP contribution in [0.5, 0.6) is 0 Å². The highest BCUT2D eigenvalue weighted by atomic mass is 19.2.